The number of ether oxygens (including phenoxy) is 3. The number of ketones is 1. The fourth-order valence-electron chi connectivity index (χ4n) is 3.96. The number of fused-ring (bicyclic) bond motifs is 1. The van der Waals surface area contributed by atoms with E-state index in [0.717, 1.165) is 17.3 Å². The van der Waals surface area contributed by atoms with E-state index in [4.69, 9.17) is 25.8 Å². The van der Waals surface area contributed by atoms with Gasteiger partial charge in [0.1, 0.15) is 29.3 Å². The predicted octanol–water partition coefficient (Wildman–Crippen LogP) is 4.49. The Kier molecular flexibility index (Phi) is 6.64. The summed E-state index contributed by atoms with van der Waals surface area (Å²) < 4.78 is 33.8. The third kappa shape index (κ3) is 4.58. The molecule has 0 aliphatic carbocycles. The lowest BCUT2D eigenvalue weighted by Gasteiger charge is -2.18. The van der Waals surface area contributed by atoms with Crippen LogP contribution in [0.4, 0.5) is 4.39 Å². The van der Waals surface area contributed by atoms with Crippen LogP contribution >= 0.6 is 11.6 Å². The van der Waals surface area contributed by atoms with Crippen molar-refractivity contribution < 1.29 is 23.4 Å². The highest BCUT2D eigenvalue weighted by Crippen LogP contribution is 2.33. The van der Waals surface area contributed by atoms with Crippen molar-refractivity contribution in [2.45, 2.75) is 31.6 Å². The van der Waals surface area contributed by atoms with Crippen LogP contribution in [0.25, 0.3) is 11.0 Å². The molecule has 0 unspecified atom stereocenters. The molecule has 0 amide bonds. The first kappa shape index (κ1) is 22.6. The van der Waals surface area contributed by atoms with Crippen LogP contribution < -0.4 is 0 Å². The zero-order chi connectivity index (χ0) is 23.5. The van der Waals surface area contributed by atoms with Gasteiger partial charge in [-0.1, -0.05) is 72.3 Å². The third-order valence-corrected chi connectivity index (χ3v) is 5.89. The van der Waals surface area contributed by atoms with Gasteiger partial charge in [-0.25, -0.2) is 14.4 Å². The minimum absolute atomic E-state index is 0.0334. The fourth-order valence-corrected chi connectivity index (χ4v) is 4.18. The number of carbonyl (C=O) groups excluding carboxylic acids is 1. The molecular weight excluding hydrogens is 461 g/mol. The van der Waals surface area contributed by atoms with Crippen molar-refractivity contribution in [3.05, 3.63) is 95.3 Å². The summed E-state index contributed by atoms with van der Waals surface area (Å²) >= 11 is 6.05. The van der Waals surface area contributed by atoms with Crippen molar-refractivity contribution in [3.8, 4) is 0 Å². The van der Waals surface area contributed by atoms with Crippen molar-refractivity contribution in [2.24, 2.45) is 0 Å². The van der Waals surface area contributed by atoms with Gasteiger partial charge in [-0.2, -0.15) is 0 Å². The van der Waals surface area contributed by atoms with Gasteiger partial charge in [-0.05, 0) is 11.1 Å². The second kappa shape index (κ2) is 9.99. The largest absolute Gasteiger partial charge is 0.374 e. The third-order valence-electron chi connectivity index (χ3n) is 5.60. The van der Waals surface area contributed by atoms with Gasteiger partial charge in [0.05, 0.1) is 25.2 Å². The summed E-state index contributed by atoms with van der Waals surface area (Å²) in [5, 5.41) is -0.00239. The lowest BCUT2D eigenvalue weighted by Crippen LogP contribution is -2.33. The number of Topliss-reactive ketones (excluding diaryl/α,β-unsaturated/α-hetero) is 1. The van der Waals surface area contributed by atoms with E-state index in [1.165, 1.54) is 10.9 Å². The van der Waals surface area contributed by atoms with Crippen molar-refractivity contribution in [3.63, 3.8) is 0 Å². The highest BCUT2D eigenvalue weighted by Gasteiger charge is 2.46. The molecule has 3 heterocycles. The van der Waals surface area contributed by atoms with Gasteiger partial charge in [-0.3, -0.25) is 9.36 Å². The highest BCUT2D eigenvalue weighted by molar-refractivity contribution is 6.34. The maximum atomic E-state index is 14.6. The maximum Gasteiger partial charge on any atom is 0.213 e. The Morgan fingerprint density at radius 1 is 1.00 bits per heavy atom. The van der Waals surface area contributed by atoms with Crippen LogP contribution in [0.2, 0.25) is 5.15 Å². The van der Waals surface area contributed by atoms with Gasteiger partial charge in [0.25, 0.3) is 0 Å². The second-order valence-corrected chi connectivity index (χ2v) is 8.25. The van der Waals surface area contributed by atoms with E-state index in [2.05, 4.69) is 9.97 Å². The molecule has 1 saturated heterocycles. The average molecular weight is 482 g/mol. The van der Waals surface area contributed by atoms with Crippen LogP contribution in [0.1, 0.15) is 17.4 Å². The maximum absolute atomic E-state index is 14.6. The van der Waals surface area contributed by atoms with E-state index in [9.17, 15) is 9.18 Å². The molecule has 0 radical (unpaired) electrons. The molecule has 0 bridgehead atoms. The fraction of sp³-hybridized carbons (Fsp3) is 0.240. The van der Waals surface area contributed by atoms with E-state index in [0.29, 0.717) is 6.61 Å². The number of hydrogen-bond acceptors (Lipinski definition) is 6. The first-order chi connectivity index (χ1) is 16.6. The molecule has 0 saturated carbocycles. The number of carbonyl (C=O) groups is 1. The van der Waals surface area contributed by atoms with Crippen molar-refractivity contribution in [2.75, 3.05) is 6.61 Å². The molecule has 2 aromatic carbocycles. The highest BCUT2D eigenvalue weighted by atomic mass is 35.5. The van der Waals surface area contributed by atoms with Gasteiger partial charge in [0.2, 0.25) is 5.78 Å². The van der Waals surface area contributed by atoms with Gasteiger partial charge >= 0.3 is 0 Å². The monoisotopic (exact) mass is 481 g/mol. The summed E-state index contributed by atoms with van der Waals surface area (Å²) in [6.45, 7) is 0.695. The van der Waals surface area contributed by atoms with Gasteiger partial charge in [0, 0.05) is 6.20 Å². The zero-order valence-electron chi connectivity index (χ0n) is 18.0. The number of halogens is 2. The Morgan fingerprint density at radius 2 is 1.68 bits per heavy atom. The zero-order valence-corrected chi connectivity index (χ0v) is 18.8. The molecule has 1 aliphatic rings. The van der Waals surface area contributed by atoms with Gasteiger partial charge in [-0.15, -0.1) is 0 Å². The van der Waals surface area contributed by atoms with E-state index < -0.39 is 24.3 Å². The molecule has 4 aromatic rings. The second-order valence-electron chi connectivity index (χ2n) is 7.89. The Labute approximate surface area is 200 Å². The van der Waals surface area contributed by atoms with Gasteiger partial charge in [0.15, 0.2) is 12.0 Å². The first-order valence-corrected chi connectivity index (χ1v) is 11.1. The summed E-state index contributed by atoms with van der Waals surface area (Å²) in [5.74, 6) is -0.988. The standard InChI is InChI=1S/C25H21ClFN3O4/c26-23-20-18(27)11-30(24(20)29-15-28-23)25-21(31)22(33-13-17-9-5-2-6-10-17)19(34-25)14-32-12-16-7-3-1-4-8-16/h1-11,15,19,22,25H,12-14H2/t19-,22-,25-/m1/s1. The predicted molar refractivity (Wildman–Crippen MR) is 123 cm³/mol. The topological polar surface area (TPSA) is 75.5 Å². The van der Waals surface area contributed by atoms with E-state index >= 15 is 0 Å². The SMILES string of the molecule is O=C1[C@H](n2cc(F)c3c(Cl)ncnc32)O[C@H](COCc2ccccc2)[C@H]1OCc1ccccc1. The molecule has 1 fully saturated rings. The van der Waals surface area contributed by atoms with Crippen molar-refractivity contribution in [1.29, 1.82) is 0 Å². The smallest absolute Gasteiger partial charge is 0.213 e. The molecule has 5 rings (SSSR count). The van der Waals surface area contributed by atoms with Crippen LogP contribution in [0, 0.1) is 5.82 Å². The number of aromatic nitrogens is 3. The average Bonchev–Trinajstić information content (AvgIpc) is 3.36. The summed E-state index contributed by atoms with van der Waals surface area (Å²) in [4.78, 5) is 21.3. The Balaban J connectivity index is 1.38. The Morgan fingerprint density at radius 3 is 2.38 bits per heavy atom. The van der Waals surface area contributed by atoms with Crippen molar-refractivity contribution in [1.82, 2.24) is 14.5 Å². The van der Waals surface area contributed by atoms with E-state index in [1.54, 1.807) is 0 Å². The first-order valence-electron chi connectivity index (χ1n) is 10.7. The minimum Gasteiger partial charge on any atom is -0.374 e. The number of hydrogen-bond donors (Lipinski definition) is 0. The summed E-state index contributed by atoms with van der Waals surface area (Å²) in [7, 11) is 0. The van der Waals surface area contributed by atoms with Crippen LogP contribution in [0.5, 0.6) is 0 Å². The molecule has 0 N–H and O–H groups in total. The summed E-state index contributed by atoms with van der Waals surface area (Å²) in [6, 6.07) is 19.2. The van der Waals surface area contributed by atoms with Crippen LogP contribution in [-0.2, 0) is 32.2 Å². The van der Waals surface area contributed by atoms with Crippen molar-refractivity contribution >= 4 is 28.4 Å². The van der Waals surface area contributed by atoms with E-state index in [-0.39, 0.29) is 35.2 Å². The normalized spacial score (nSPS) is 20.3. The molecular formula is C25H21ClFN3O4. The molecule has 3 atom stereocenters. The van der Waals surface area contributed by atoms with Crippen LogP contribution in [0.3, 0.4) is 0 Å². The molecule has 2 aromatic heterocycles. The molecule has 1 aliphatic heterocycles. The molecule has 174 valence electrons. The van der Waals surface area contributed by atoms with E-state index in [1.807, 2.05) is 60.7 Å². The Bertz CT molecular complexity index is 1290. The molecule has 9 heteroatoms. The molecule has 34 heavy (non-hydrogen) atoms. The number of rotatable bonds is 8. The lowest BCUT2D eigenvalue weighted by molar-refractivity contribution is -0.132. The summed E-state index contributed by atoms with van der Waals surface area (Å²) in [5.41, 5.74) is 2.08. The number of benzene rings is 2. The molecule has 7 nitrogen and oxygen atoms in total. The quantitative estimate of drug-likeness (QED) is 0.345. The lowest BCUT2D eigenvalue weighted by atomic mass is 10.1. The summed E-state index contributed by atoms with van der Waals surface area (Å²) in [6.07, 6.45) is -0.371. The molecule has 0 spiro atoms. The minimum atomic E-state index is -1.14. The van der Waals surface area contributed by atoms with Crippen LogP contribution in [0.15, 0.2) is 73.2 Å². The number of nitrogens with zero attached hydrogens (tertiary/aromatic N) is 3. The van der Waals surface area contributed by atoms with Crippen LogP contribution in [-0.4, -0.2) is 39.1 Å². The Hall–Kier alpha value is -3.17. The van der Waals surface area contributed by atoms with Gasteiger partial charge < -0.3 is 14.2 Å².